The van der Waals surface area contributed by atoms with E-state index in [2.05, 4.69) is 15.3 Å². The fraction of sp³-hybridized carbons (Fsp3) is 0.125. The van der Waals surface area contributed by atoms with E-state index in [9.17, 15) is 4.79 Å². The molecule has 0 aliphatic heterocycles. The molecule has 0 fully saturated rings. The SMILES string of the molecule is O=C(CCCOc1ccccc1)Oc1cccc(Nc2nc(-c3ccccn3)cs2)c1. The zero-order valence-electron chi connectivity index (χ0n) is 16.7. The van der Waals surface area contributed by atoms with Crippen molar-refractivity contribution in [3.8, 4) is 22.9 Å². The van der Waals surface area contributed by atoms with Crippen LogP contribution in [0.1, 0.15) is 12.8 Å². The Bertz CT molecular complexity index is 1120. The lowest BCUT2D eigenvalue weighted by Gasteiger charge is -2.08. The summed E-state index contributed by atoms with van der Waals surface area (Å²) in [5.74, 6) is 0.990. The van der Waals surface area contributed by atoms with E-state index in [1.165, 1.54) is 11.3 Å². The van der Waals surface area contributed by atoms with Crippen molar-refractivity contribution in [2.24, 2.45) is 0 Å². The topological polar surface area (TPSA) is 73.3 Å². The summed E-state index contributed by atoms with van der Waals surface area (Å²) < 4.78 is 11.1. The minimum absolute atomic E-state index is 0.282. The standard InChI is InChI=1S/C24H21N3O3S/c28-23(13-7-15-29-19-9-2-1-3-10-19)30-20-11-6-8-18(16-20)26-24-27-22(17-31-24)21-12-4-5-14-25-21/h1-6,8-12,14,16-17H,7,13,15H2,(H,26,27). The van der Waals surface area contributed by atoms with Crippen molar-refractivity contribution in [1.29, 1.82) is 0 Å². The highest BCUT2D eigenvalue weighted by Gasteiger charge is 2.08. The Morgan fingerprint density at radius 3 is 2.61 bits per heavy atom. The van der Waals surface area contributed by atoms with Crippen LogP contribution >= 0.6 is 11.3 Å². The zero-order chi connectivity index (χ0) is 21.3. The van der Waals surface area contributed by atoms with Gasteiger partial charge in [0.1, 0.15) is 17.2 Å². The maximum atomic E-state index is 12.1. The number of para-hydroxylation sites is 1. The number of rotatable bonds is 9. The number of aromatic nitrogens is 2. The number of benzene rings is 2. The third-order valence-electron chi connectivity index (χ3n) is 4.29. The van der Waals surface area contributed by atoms with Crippen molar-refractivity contribution in [2.75, 3.05) is 11.9 Å². The molecule has 6 nitrogen and oxygen atoms in total. The highest BCUT2D eigenvalue weighted by molar-refractivity contribution is 7.14. The molecule has 0 atom stereocenters. The van der Waals surface area contributed by atoms with Gasteiger partial charge in [0.05, 0.1) is 12.3 Å². The van der Waals surface area contributed by atoms with E-state index in [0.29, 0.717) is 18.8 Å². The number of nitrogens with zero attached hydrogens (tertiary/aromatic N) is 2. The maximum Gasteiger partial charge on any atom is 0.311 e. The first-order valence-electron chi connectivity index (χ1n) is 9.89. The Morgan fingerprint density at radius 1 is 0.935 bits per heavy atom. The molecule has 0 aliphatic rings. The predicted molar refractivity (Wildman–Crippen MR) is 122 cm³/mol. The van der Waals surface area contributed by atoms with E-state index in [0.717, 1.165) is 28.0 Å². The summed E-state index contributed by atoms with van der Waals surface area (Å²) in [6.45, 7) is 0.462. The second-order valence-corrected chi connectivity index (χ2v) is 7.50. The van der Waals surface area contributed by atoms with Gasteiger partial charge in [-0.3, -0.25) is 9.78 Å². The molecule has 4 aromatic rings. The number of pyridine rings is 1. The second-order valence-electron chi connectivity index (χ2n) is 6.64. The van der Waals surface area contributed by atoms with E-state index in [-0.39, 0.29) is 12.4 Å². The first-order chi connectivity index (χ1) is 15.3. The molecule has 156 valence electrons. The Morgan fingerprint density at radius 2 is 1.77 bits per heavy atom. The van der Waals surface area contributed by atoms with Crippen LogP contribution in [0.5, 0.6) is 11.5 Å². The number of hydrogen-bond donors (Lipinski definition) is 1. The Hall–Kier alpha value is -3.71. The van der Waals surface area contributed by atoms with E-state index in [1.54, 1.807) is 18.3 Å². The van der Waals surface area contributed by atoms with Crippen LogP contribution in [0.25, 0.3) is 11.4 Å². The molecule has 31 heavy (non-hydrogen) atoms. The molecule has 2 aromatic heterocycles. The summed E-state index contributed by atoms with van der Waals surface area (Å²) in [6, 6.07) is 22.5. The van der Waals surface area contributed by atoms with E-state index in [1.807, 2.05) is 66.0 Å². The van der Waals surface area contributed by atoms with Gasteiger partial charge in [0.2, 0.25) is 0 Å². The monoisotopic (exact) mass is 431 g/mol. The van der Waals surface area contributed by atoms with Gasteiger partial charge in [0, 0.05) is 29.8 Å². The molecule has 0 bridgehead atoms. The van der Waals surface area contributed by atoms with Crippen molar-refractivity contribution in [3.63, 3.8) is 0 Å². The van der Waals surface area contributed by atoms with E-state index >= 15 is 0 Å². The molecule has 0 amide bonds. The predicted octanol–water partition coefficient (Wildman–Crippen LogP) is 5.71. The van der Waals surface area contributed by atoms with Gasteiger partial charge in [-0.2, -0.15) is 0 Å². The maximum absolute atomic E-state index is 12.1. The van der Waals surface area contributed by atoms with E-state index < -0.39 is 0 Å². The van der Waals surface area contributed by atoms with Crippen molar-refractivity contribution in [3.05, 3.63) is 84.4 Å². The van der Waals surface area contributed by atoms with Crippen LogP contribution in [-0.4, -0.2) is 22.5 Å². The molecule has 0 saturated heterocycles. The quantitative estimate of drug-likeness (QED) is 0.208. The van der Waals surface area contributed by atoms with Gasteiger partial charge < -0.3 is 14.8 Å². The van der Waals surface area contributed by atoms with Crippen molar-refractivity contribution in [2.45, 2.75) is 12.8 Å². The average molecular weight is 432 g/mol. The lowest BCUT2D eigenvalue weighted by Crippen LogP contribution is -2.10. The molecule has 1 N–H and O–H groups in total. The van der Waals surface area contributed by atoms with Gasteiger partial charge in [-0.15, -0.1) is 11.3 Å². The summed E-state index contributed by atoms with van der Waals surface area (Å²) in [5, 5.41) is 5.94. The van der Waals surface area contributed by atoms with Crippen LogP contribution in [-0.2, 0) is 4.79 Å². The molecular formula is C24H21N3O3S. The van der Waals surface area contributed by atoms with Crippen molar-refractivity contribution < 1.29 is 14.3 Å². The average Bonchev–Trinajstić information content (AvgIpc) is 3.27. The molecule has 7 heteroatoms. The third-order valence-corrected chi connectivity index (χ3v) is 5.04. The minimum atomic E-state index is -0.291. The molecule has 0 spiro atoms. The molecule has 2 aromatic carbocycles. The second kappa shape index (κ2) is 10.4. The number of hydrogen-bond acceptors (Lipinski definition) is 7. The summed E-state index contributed by atoms with van der Waals surface area (Å²) in [6.07, 6.45) is 2.61. The summed E-state index contributed by atoms with van der Waals surface area (Å²) in [4.78, 5) is 21.0. The van der Waals surface area contributed by atoms with Crippen LogP contribution < -0.4 is 14.8 Å². The Labute approximate surface area is 184 Å². The van der Waals surface area contributed by atoms with Gasteiger partial charge in [-0.25, -0.2) is 4.98 Å². The van der Waals surface area contributed by atoms with E-state index in [4.69, 9.17) is 9.47 Å². The fourth-order valence-corrected chi connectivity index (χ4v) is 3.55. The summed E-state index contributed by atoms with van der Waals surface area (Å²) in [7, 11) is 0. The first kappa shape index (κ1) is 20.6. The number of thiazole rings is 1. The van der Waals surface area contributed by atoms with Gasteiger partial charge in [-0.1, -0.05) is 30.3 Å². The number of esters is 1. The highest BCUT2D eigenvalue weighted by atomic mass is 32.1. The molecule has 0 saturated carbocycles. The van der Waals surface area contributed by atoms with Crippen LogP contribution in [0, 0.1) is 0 Å². The Kier molecular flexibility index (Phi) is 6.87. The highest BCUT2D eigenvalue weighted by Crippen LogP contribution is 2.27. The smallest absolute Gasteiger partial charge is 0.311 e. The lowest BCUT2D eigenvalue weighted by atomic mass is 10.3. The third kappa shape index (κ3) is 6.13. The van der Waals surface area contributed by atoms with Crippen LogP contribution in [0.2, 0.25) is 0 Å². The molecule has 4 rings (SSSR count). The summed E-state index contributed by atoms with van der Waals surface area (Å²) in [5.41, 5.74) is 2.43. The van der Waals surface area contributed by atoms with Crippen LogP contribution in [0.15, 0.2) is 84.4 Å². The fourth-order valence-electron chi connectivity index (χ4n) is 2.83. The Balaban J connectivity index is 1.27. The molecular weight excluding hydrogens is 410 g/mol. The molecule has 0 radical (unpaired) electrons. The van der Waals surface area contributed by atoms with Gasteiger partial charge in [0.15, 0.2) is 5.13 Å². The first-order valence-corrected chi connectivity index (χ1v) is 10.8. The van der Waals surface area contributed by atoms with Gasteiger partial charge in [0.25, 0.3) is 0 Å². The van der Waals surface area contributed by atoms with Crippen LogP contribution in [0.3, 0.4) is 0 Å². The normalized spacial score (nSPS) is 10.5. The van der Waals surface area contributed by atoms with Gasteiger partial charge in [-0.05, 0) is 42.8 Å². The number of carbonyl (C=O) groups excluding carboxylic acids is 1. The lowest BCUT2D eigenvalue weighted by molar-refractivity contribution is -0.134. The van der Waals surface area contributed by atoms with Crippen LogP contribution in [0.4, 0.5) is 10.8 Å². The number of ether oxygens (including phenoxy) is 2. The summed E-state index contributed by atoms with van der Waals surface area (Å²) >= 11 is 1.49. The molecule has 2 heterocycles. The van der Waals surface area contributed by atoms with Gasteiger partial charge >= 0.3 is 5.97 Å². The number of nitrogens with one attached hydrogen (secondary N) is 1. The van der Waals surface area contributed by atoms with Crippen molar-refractivity contribution in [1.82, 2.24) is 9.97 Å². The number of anilines is 2. The molecule has 0 aliphatic carbocycles. The minimum Gasteiger partial charge on any atom is -0.494 e. The zero-order valence-corrected chi connectivity index (χ0v) is 17.5. The number of carbonyl (C=O) groups is 1. The molecule has 0 unspecified atom stereocenters. The van der Waals surface area contributed by atoms with Crippen molar-refractivity contribution >= 4 is 28.1 Å². The largest absolute Gasteiger partial charge is 0.494 e.